The Morgan fingerprint density at radius 2 is 1.83 bits per heavy atom. The van der Waals surface area contributed by atoms with Gasteiger partial charge in [0, 0.05) is 5.56 Å². The Labute approximate surface area is 169 Å². The van der Waals surface area contributed by atoms with E-state index in [-0.39, 0.29) is 34.2 Å². The molecule has 4 rings (SSSR count). The predicted molar refractivity (Wildman–Crippen MR) is 108 cm³/mol. The quantitative estimate of drug-likeness (QED) is 0.455. The Morgan fingerprint density at radius 1 is 1.10 bits per heavy atom. The topological polar surface area (TPSA) is 145 Å². The molecule has 2 aromatic carbocycles. The highest BCUT2D eigenvalue weighted by Crippen LogP contribution is 2.31. The Kier molecular flexibility index (Phi) is 4.59. The van der Waals surface area contributed by atoms with Crippen LogP contribution < -0.4 is 20.9 Å². The SMILES string of the molecule is COc1ccc(-c2nc(C(N)=O)c3[nH]c(=O)n(-c4ccccc4OC)c3n2)cc1O. The number of amides is 1. The molecule has 0 atom stereocenters. The number of hydrogen-bond donors (Lipinski definition) is 3. The second-order valence-corrected chi connectivity index (χ2v) is 6.28. The Hall–Kier alpha value is -4.34. The highest BCUT2D eigenvalue weighted by atomic mass is 16.5. The summed E-state index contributed by atoms with van der Waals surface area (Å²) in [5.74, 6) is -0.173. The van der Waals surface area contributed by atoms with Crippen molar-refractivity contribution in [2.45, 2.75) is 0 Å². The molecule has 10 nitrogen and oxygen atoms in total. The molecule has 2 heterocycles. The summed E-state index contributed by atoms with van der Waals surface area (Å²) in [5, 5.41) is 10.1. The molecular formula is C20H17N5O5. The van der Waals surface area contributed by atoms with Crippen LogP contribution in [0, 0.1) is 0 Å². The number of nitrogens with zero attached hydrogens (tertiary/aromatic N) is 3. The number of aromatic amines is 1. The van der Waals surface area contributed by atoms with Crippen LogP contribution in [0.3, 0.4) is 0 Å². The zero-order valence-corrected chi connectivity index (χ0v) is 16.0. The smallest absolute Gasteiger partial charge is 0.332 e. The lowest BCUT2D eigenvalue weighted by molar-refractivity contribution is 0.0997. The number of hydrogen-bond acceptors (Lipinski definition) is 7. The van der Waals surface area contributed by atoms with Crippen LogP contribution >= 0.6 is 0 Å². The summed E-state index contributed by atoms with van der Waals surface area (Å²) in [6.45, 7) is 0. The lowest BCUT2D eigenvalue weighted by Crippen LogP contribution is -2.16. The first-order chi connectivity index (χ1) is 14.4. The molecule has 0 aliphatic rings. The van der Waals surface area contributed by atoms with Gasteiger partial charge in [0.1, 0.15) is 11.3 Å². The molecule has 152 valence electrons. The Bertz CT molecular complexity index is 1340. The first kappa shape index (κ1) is 19.0. The second-order valence-electron chi connectivity index (χ2n) is 6.28. The molecule has 0 bridgehead atoms. The van der Waals surface area contributed by atoms with E-state index in [0.29, 0.717) is 17.0 Å². The molecule has 4 N–H and O–H groups in total. The van der Waals surface area contributed by atoms with Crippen LogP contribution in [0.5, 0.6) is 17.2 Å². The molecule has 2 aromatic heterocycles. The number of benzene rings is 2. The van der Waals surface area contributed by atoms with Crippen LogP contribution in [-0.2, 0) is 0 Å². The molecule has 0 spiro atoms. The summed E-state index contributed by atoms with van der Waals surface area (Å²) in [6.07, 6.45) is 0. The molecule has 0 saturated carbocycles. The molecule has 0 aliphatic carbocycles. The van der Waals surface area contributed by atoms with Gasteiger partial charge in [-0.3, -0.25) is 4.79 Å². The second kappa shape index (κ2) is 7.24. The molecule has 0 radical (unpaired) electrons. The third-order valence-electron chi connectivity index (χ3n) is 4.53. The monoisotopic (exact) mass is 407 g/mol. The number of primary amides is 1. The van der Waals surface area contributed by atoms with Crippen molar-refractivity contribution in [3.63, 3.8) is 0 Å². The van der Waals surface area contributed by atoms with Crippen molar-refractivity contribution >= 4 is 17.1 Å². The van der Waals surface area contributed by atoms with E-state index in [1.807, 2.05) is 0 Å². The van der Waals surface area contributed by atoms with Crippen LogP contribution in [0.4, 0.5) is 0 Å². The molecule has 0 unspecified atom stereocenters. The summed E-state index contributed by atoms with van der Waals surface area (Å²) >= 11 is 0. The lowest BCUT2D eigenvalue weighted by Gasteiger charge is -2.10. The molecule has 0 aliphatic heterocycles. The van der Waals surface area contributed by atoms with Gasteiger partial charge in [-0.2, -0.15) is 0 Å². The minimum atomic E-state index is -0.838. The van der Waals surface area contributed by atoms with E-state index in [9.17, 15) is 14.7 Å². The summed E-state index contributed by atoms with van der Waals surface area (Å²) in [7, 11) is 2.91. The van der Waals surface area contributed by atoms with E-state index < -0.39 is 11.6 Å². The average molecular weight is 407 g/mol. The Morgan fingerprint density at radius 3 is 2.50 bits per heavy atom. The number of nitrogens with one attached hydrogen (secondary N) is 1. The van der Waals surface area contributed by atoms with Gasteiger partial charge in [0.15, 0.2) is 28.7 Å². The van der Waals surface area contributed by atoms with Gasteiger partial charge in [0.05, 0.1) is 19.9 Å². The van der Waals surface area contributed by atoms with Gasteiger partial charge in [0.2, 0.25) is 0 Å². The largest absolute Gasteiger partial charge is 0.504 e. The number of fused-ring (bicyclic) bond motifs is 1. The van der Waals surface area contributed by atoms with E-state index in [4.69, 9.17) is 15.2 Å². The third-order valence-corrected chi connectivity index (χ3v) is 4.53. The third kappa shape index (κ3) is 3.00. The van der Waals surface area contributed by atoms with E-state index in [1.165, 1.54) is 30.9 Å². The number of methoxy groups -OCH3 is 2. The van der Waals surface area contributed by atoms with Crippen LogP contribution in [0.1, 0.15) is 10.5 Å². The number of phenols is 1. The van der Waals surface area contributed by atoms with Crippen LogP contribution in [0.15, 0.2) is 47.3 Å². The summed E-state index contributed by atoms with van der Waals surface area (Å²) in [5.41, 5.74) is 5.87. The number of para-hydroxylation sites is 2. The molecule has 0 fully saturated rings. The number of nitrogens with two attached hydrogens (primary N) is 1. The van der Waals surface area contributed by atoms with Crippen molar-refractivity contribution in [2.75, 3.05) is 14.2 Å². The van der Waals surface area contributed by atoms with Gasteiger partial charge in [-0.05, 0) is 30.3 Å². The van der Waals surface area contributed by atoms with Gasteiger partial charge >= 0.3 is 5.69 Å². The number of imidazole rings is 1. The fourth-order valence-electron chi connectivity index (χ4n) is 3.16. The van der Waals surface area contributed by atoms with Crippen molar-refractivity contribution in [1.29, 1.82) is 0 Å². The minimum Gasteiger partial charge on any atom is -0.504 e. The fraction of sp³-hybridized carbons (Fsp3) is 0.100. The number of aromatic nitrogens is 4. The zero-order valence-electron chi connectivity index (χ0n) is 16.0. The summed E-state index contributed by atoms with van der Waals surface area (Å²) in [6, 6.07) is 11.4. The standard InChI is InChI=1S/C20H17N5O5/c1-29-13-6-4-3-5-11(13)25-19-16(23-20(25)28)15(17(21)27)22-18(24-19)10-7-8-14(30-2)12(26)9-10/h3-9,26H,1-2H3,(H2,21,27)(H,23,28). The van der Waals surface area contributed by atoms with Gasteiger partial charge in [-0.15, -0.1) is 0 Å². The van der Waals surface area contributed by atoms with Crippen LogP contribution in [0.25, 0.3) is 28.2 Å². The van der Waals surface area contributed by atoms with Crippen molar-refractivity contribution in [1.82, 2.24) is 19.5 Å². The summed E-state index contributed by atoms with van der Waals surface area (Å²) in [4.78, 5) is 36.1. The number of carbonyl (C=O) groups excluding carboxylic acids is 1. The van der Waals surface area contributed by atoms with E-state index in [1.54, 1.807) is 30.3 Å². The molecule has 30 heavy (non-hydrogen) atoms. The van der Waals surface area contributed by atoms with Crippen molar-refractivity contribution in [3.8, 4) is 34.3 Å². The van der Waals surface area contributed by atoms with Gasteiger partial charge < -0.3 is 25.3 Å². The lowest BCUT2D eigenvalue weighted by atomic mass is 10.2. The van der Waals surface area contributed by atoms with Crippen molar-refractivity contribution in [2.24, 2.45) is 5.73 Å². The maximum Gasteiger partial charge on any atom is 0.332 e. The number of ether oxygens (including phenoxy) is 2. The maximum absolute atomic E-state index is 12.7. The van der Waals surface area contributed by atoms with Gasteiger partial charge in [0.25, 0.3) is 5.91 Å². The maximum atomic E-state index is 12.7. The minimum absolute atomic E-state index is 0.0944. The molecule has 0 saturated heterocycles. The average Bonchev–Trinajstić information content (AvgIpc) is 3.08. The Balaban J connectivity index is 2.05. The van der Waals surface area contributed by atoms with Crippen LogP contribution in [-0.4, -0.2) is 44.8 Å². The number of aromatic hydroxyl groups is 1. The van der Waals surface area contributed by atoms with E-state index in [2.05, 4.69) is 15.0 Å². The highest BCUT2D eigenvalue weighted by molar-refractivity contribution is 6.02. The van der Waals surface area contributed by atoms with E-state index >= 15 is 0 Å². The number of phenolic OH excluding ortho intramolecular Hbond substituents is 1. The molecular weight excluding hydrogens is 390 g/mol. The first-order valence-corrected chi connectivity index (χ1v) is 8.78. The van der Waals surface area contributed by atoms with Gasteiger partial charge in [-0.25, -0.2) is 19.3 Å². The predicted octanol–water partition coefficient (Wildman–Crippen LogP) is 1.60. The summed E-state index contributed by atoms with van der Waals surface area (Å²) < 4.78 is 11.7. The number of rotatable bonds is 5. The molecule has 4 aromatic rings. The first-order valence-electron chi connectivity index (χ1n) is 8.78. The zero-order chi connectivity index (χ0) is 21.4. The van der Waals surface area contributed by atoms with Gasteiger partial charge in [-0.1, -0.05) is 12.1 Å². The van der Waals surface area contributed by atoms with Crippen LogP contribution in [0.2, 0.25) is 0 Å². The molecule has 1 amide bonds. The van der Waals surface area contributed by atoms with Crippen molar-refractivity contribution < 1.29 is 19.4 Å². The number of H-pyrrole nitrogens is 1. The highest BCUT2D eigenvalue weighted by Gasteiger charge is 2.22. The number of carbonyl (C=O) groups is 1. The molecule has 10 heteroatoms. The normalized spacial score (nSPS) is 10.9. The fourth-order valence-corrected chi connectivity index (χ4v) is 3.16. The van der Waals surface area contributed by atoms with Crippen molar-refractivity contribution in [3.05, 3.63) is 58.6 Å². The van der Waals surface area contributed by atoms with E-state index in [0.717, 1.165) is 0 Å².